The molecule has 0 aliphatic rings. The molecule has 0 spiro atoms. The van der Waals surface area contributed by atoms with Gasteiger partial charge in [-0.2, -0.15) is 0 Å². The average Bonchev–Trinajstić information content (AvgIpc) is 3.44. The third kappa shape index (κ3) is 3.95. The Balaban J connectivity index is 1.28. The van der Waals surface area contributed by atoms with Gasteiger partial charge in [-0.1, -0.05) is 12.1 Å². The Kier molecular flexibility index (Phi) is 4.82. The van der Waals surface area contributed by atoms with Gasteiger partial charge in [0.15, 0.2) is 0 Å². The minimum atomic E-state index is 0.764. The summed E-state index contributed by atoms with van der Waals surface area (Å²) in [6, 6.07) is 28.9. The second kappa shape index (κ2) is 7.99. The van der Waals surface area contributed by atoms with Crippen LogP contribution in [0.2, 0.25) is 0 Å². The zero-order valence-corrected chi connectivity index (χ0v) is 19.3. The zero-order valence-electron chi connectivity index (χ0n) is 17.7. The number of nitrogens with two attached hydrogens (primary N) is 2. The summed E-state index contributed by atoms with van der Waals surface area (Å²) in [4.78, 5) is 9.60. The molecule has 6 rings (SSSR count). The van der Waals surface area contributed by atoms with E-state index in [4.69, 9.17) is 21.4 Å². The summed E-state index contributed by atoms with van der Waals surface area (Å²) in [7, 11) is 0. The fourth-order valence-corrected chi connectivity index (χ4v) is 5.96. The molecule has 0 radical (unpaired) electrons. The summed E-state index contributed by atoms with van der Waals surface area (Å²) in [6.45, 7) is 0. The van der Waals surface area contributed by atoms with E-state index in [-0.39, 0.29) is 0 Å². The largest absolute Gasteiger partial charge is 0.399 e. The predicted octanol–water partition coefficient (Wildman–Crippen LogP) is 7.00. The van der Waals surface area contributed by atoms with Gasteiger partial charge >= 0.3 is 0 Å². The van der Waals surface area contributed by atoms with Crippen LogP contribution in [-0.4, -0.2) is 9.97 Å². The second-order valence-corrected chi connectivity index (χ2v) is 10.1. The molecule has 0 saturated carbocycles. The Hall–Kier alpha value is -3.74. The van der Waals surface area contributed by atoms with Crippen molar-refractivity contribution in [2.75, 3.05) is 11.5 Å². The summed E-state index contributed by atoms with van der Waals surface area (Å²) < 4.78 is 2.40. The highest BCUT2D eigenvalue weighted by molar-refractivity contribution is 7.22. The fraction of sp³-hybridized carbons (Fsp3) is 0.0370. The van der Waals surface area contributed by atoms with Crippen LogP contribution in [0.5, 0.6) is 0 Å². The molecule has 4 N–H and O–H groups in total. The molecule has 2 heterocycles. The van der Waals surface area contributed by atoms with Crippen LogP contribution in [0.3, 0.4) is 0 Å². The number of thiazole rings is 2. The smallest absolute Gasteiger partial charge is 0.124 e. The van der Waals surface area contributed by atoms with Crippen molar-refractivity contribution in [2.45, 2.75) is 6.42 Å². The number of nitrogen functional groups attached to an aromatic ring is 2. The third-order valence-electron chi connectivity index (χ3n) is 5.63. The Morgan fingerprint density at radius 1 is 0.545 bits per heavy atom. The Morgan fingerprint density at radius 3 is 1.39 bits per heavy atom. The lowest BCUT2D eigenvalue weighted by atomic mass is 10.0. The molecule has 0 bridgehead atoms. The third-order valence-corrected chi connectivity index (χ3v) is 7.76. The molecule has 0 amide bonds. The van der Waals surface area contributed by atoms with Gasteiger partial charge in [0.25, 0.3) is 0 Å². The molecule has 4 aromatic carbocycles. The highest BCUT2D eigenvalue weighted by Gasteiger charge is 2.10. The standard InChI is InChI=1S/C27H20N4S2/c28-20-7-3-18(4-8-20)26-30-22-11-1-16(14-24(22)32-26)13-17-2-12-23-25(15-17)33-27(31-23)19-5-9-21(29)10-6-19/h1-12,14-15H,13,28-29H2. The second-order valence-electron chi connectivity index (χ2n) is 8.06. The molecule has 33 heavy (non-hydrogen) atoms. The lowest BCUT2D eigenvalue weighted by Crippen LogP contribution is -1.87. The molecule has 0 fully saturated rings. The van der Waals surface area contributed by atoms with E-state index in [0.717, 1.165) is 50.0 Å². The van der Waals surface area contributed by atoms with Crippen LogP contribution >= 0.6 is 22.7 Å². The van der Waals surface area contributed by atoms with Gasteiger partial charge in [-0.3, -0.25) is 0 Å². The van der Waals surface area contributed by atoms with Gasteiger partial charge in [-0.25, -0.2) is 9.97 Å². The van der Waals surface area contributed by atoms with Gasteiger partial charge in [0.1, 0.15) is 10.0 Å². The van der Waals surface area contributed by atoms with Crippen LogP contribution in [-0.2, 0) is 6.42 Å². The van der Waals surface area contributed by atoms with Gasteiger partial charge < -0.3 is 11.5 Å². The topological polar surface area (TPSA) is 77.8 Å². The lowest BCUT2D eigenvalue weighted by Gasteiger charge is -2.02. The van der Waals surface area contributed by atoms with Crippen molar-refractivity contribution in [1.82, 2.24) is 9.97 Å². The number of benzene rings is 4. The van der Waals surface area contributed by atoms with Gasteiger partial charge in [0, 0.05) is 22.5 Å². The summed E-state index contributed by atoms with van der Waals surface area (Å²) in [6.07, 6.45) is 0.871. The SMILES string of the molecule is Nc1ccc(-c2nc3ccc(Cc4ccc5nc(-c6ccc(N)cc6)sc5c4)cc3s2)cc1. The minimum absolute atomic E-state index is 0.764. The molecule has 0 atom stereocenters. The summed E-state index contributed by atoms with van der Waals surface area (Å²) >= 11 is 3.43. The van der Waals surface area contributed by atoms with Gasteiger partial charge in [0.05, 0.1) is 20.4 Å². The van der Waals surface area contributed by atoms with E-state index in [2.05, 4.69) is 36.4 Å². The van der Waals surface area contributed by atoms with Crippen LogP contribution in [0.25, 0.3) is 41.6 Å². The van der Waals surface area contributed by atoms with Crippen LogP contribution in [0, 0.1) is 0 Å². The van der Waals surface area contributed by atoms with Crippen molar-refractivity contribution in [2.24, 2.45) is 0 Å². The number of rotatable bonds is 4. The monoisotopic (exact) mass is 464 g/mol. The van der Waals surface area contributed by atoms with E-state index in [0.29, 0.717) is 0 Å². The van der Waals surface area contributed by atoms with Gasteiger partial charge in [0.2, 0.25) is 0 Å². The summed E-state index contributed by atoms with van der Waals surface area (Å²) in [5, 5.41) is 2.03. The van der Waals surface area contributed by atoms with E-state index in [1.807, 2.05) is 48.5 Å². The highest BCUT2D eigenvalue weighted by atomic mass is 32.1. The van der Waals surface area contributed by atoms with Gasteiger partial charge in [-0.05, 0) is 90.3 Å². The molecule has 2 aromatic heterocycles. The molecular weight excluding hydrogens is 444 g/mol. The molecule has 0 aliphatic heterocycles. The molecule has 4 nitrogen and oxygen atoms in total. The van der Waals surface area contributed by atoms with Crippen molar-refractivity contribution >= 4 is 54.5 Å². The van der Waals surface area contributed by atoms with Crippen LogP contribution in [0.4, 0.5) is 11.4 Å². The number of fused-ring (bicyclic) bond motifs is 2. The van der Waals surface area contributed by atoms with Crippen molar-refractivity contribution in [3.8, 4) is 21.1 Å². The summed E-state index contributed by atoms with van der Waals surface area (Å²) in [5.41, 5.74) is 20.0. The van der Waals surface area contributed by atoms with Crippen LogP contribution in [0.1, 0.15) is 11.1 Å². The molecule has 160 valence electrons. The first-order valence-corrected chi connectivity index (χ1v) is 12.2. The summed E-state index contributed by atoms with van der Waals surface area (Å²) in [5.74, 6) is 0. The Bertz CT molecular complexity index is 1470. The van der Waals surface area contributed by atoms with Crippen LogP contribution < -0.4 is 11.5 Å². The zero-order chi connectivity index (χ0) is 22.4. The number of hydrogen-bond acceptors (Lipinski definition) is 6. The van der Waals surface area contributed by atoms with E-state index in [1.54, 1.807) is 22.7 Å². The maximum absolute atomic E-state index is 5.82. The maximum Gasteiger partial charge on any atom is 0.124 e. The van der Waals surface area contributed by atoms with Crippen molar-refractivity contribution in [3.63, 3.8) is 0 Å². The van der Waals surface area contributed by atoms with Gasteiger partial charge in [-0.15, -0.1) is 22.7 Å². The molecule has 0 saturated heterocycles. The van der Waals surface area contributed by atoms with Crippen molar-refractivity contribution in [1.29, 1.82) is 0 Å². The first-order valence-electron chi connectivity index (χ1n) is 10.6. The first kappa shape index (κ1) is 19.9. The molecule has 0 aliphatic carbocycles. The lowest BCUT2D eigenvalue weighted by molar-refractivity contribution is 1.21. The van der Waals surface area contributed by atoms with E-state index in [9.17, 15) is 0 Å². The minimum Gasteiger partial charge on any atom is -0.399 e. The molecular formula is C27H20N4S2. The highest BCUT2D eigenvalue weighted by Crippen LogP contribution is 2.33. The van der Waals surface area contributed by atoms with Crippen molar-refractivity contribution < 1.29 is 0 Å². The van der Waals surface area contributed by atoms with Crippen molar-refractivity contribution in [3.05, 3.63) is 96.1 Å². The fourth-order valence-electron chi connectivity index (χ4n) is 3.89. The molecule has 6 aromatic rings. The normalized spacial score (nSPS) is 11.4. The number of anilines is 2. The number of nitrogens with zero attached hydrogens (tertiary/aromatic N) is 2. The average molecular weight is 465 g/mol. The first-order chi connectivity index (χ1) is 16.1. The number of hydrogen-bond donors (Lipinski definition) is 2. The molecule has 0 unspecified atom stereocenters. The predicted molar refractivity (Wildman–Crippen MR) is 142 cm³/mol. The quantitative estimate of drug-likeness (QED) is 0.275. The maximum atomic E-state index is 5.82. The van der Waals surface area contributed by atoms with E-state index in [1.165, 1.54) is 20.5 Å². The Morgan fingerprint density at radius 2 is 0.970 bits per heavy atom. The number of aromatic nitrogens is 2. The Labute approximate surface area is 199 Å². The van der Waals surface area contributed by atoms with E-state index < -0.39 is 0 Å². The molecule has 6 heteroatoms. The van der Waals surface area contributed by atoms with E-state index >= 15 is 0 Å². The van der Waals surface area contributed by atoms with Crippen LogP contribution in [0.15, 0.2) is 84.9 Å².